The topological polar surface area (TPSA) is 101 Å². The second-order valence-electron chi connectivity index (χ2n) is 5.44. The van der Waals surface area contributed by atoms with Gasteiger partial charge in [-0.1, -0.05) is 25.1 Å². The van der Waals surface area contributed by atoms with Gasteiger partial charge in [-0.05, 0) is 32.2 Å². The van der Waals surface area contributed by atoms with Gasteiger partial charge in [-0.15, -0.1) is 0 Å². The van der Waals surface area contributed by atoms with Crippen molar-refractivity contribution in [1.82, 2.24) is 15.3 Å². The molecule has 4 N–H and O–H groups in total. The largest absolute Gasteiger partial charge is 0.368 e. The second-order valence-corrected chi connectivity index (χ2v) is 6.40. The lowest BCUT2D eigenvalue weighted by atomic mass is 9.95. The van der Waals surface area contributed by atoms with E-state index in [1.165, 1.54) is 17.8 Å². The predicted octanol–water partition coefficient (Wildman–Crippen LogP) is 0.668. The molecule has 1 atom stereocenters. The molecule has 6 nitrogen and oxygen atoms in total. The molecule has 21 heavy (non-hydrogen) atoms. The molecular formula is C14H22N4O2S. The number of primary amides is 1. The molecular weight excluding hydrogens is 288 g/mol. The number of carbonyl (C=O) groups is 1. The molecule has 1 aliphatic rings. The molecule has 1 heterocycles. The molecule has 1 unspecified atom stereocenters. The summed E-state index contributed by atoms with van der Waals surface area (Å²) in [5, 5.41) is 3.64. The number of nitrogens with zero attached hydrogens (tertiary/aromatic N) is 1. The van der Waals surface area contributed by atoms with E-state index in [1.807, 2.05) is 6.92 Å². The number of hydrogen-bond donors (Lipinski definition) is 3. The van der Waals surface area contributed by atoms with E-state index in [-0.39, 0.29) is 17.4 Å². The highest BCUT2D eigenvalue weighted by atomic mass is 32.2. The van der Waals surface area contributed by atoms with E-state index in [4.69, 9.17) is 5.73 Å². The molecule has 1 aliphatic carbocycles. The van der Waals surface area contributed by atoms with Gasteiger partial charge in [0.25, 0.3) is 5.56 Å². The summed E-state index contributed by atoms with van der Waals surface area (Å²) in [4.78, 5) is 30.6. The van der Waals surface area contributed by atoms with Gasteiger partial charge < -0.3 is 16.0 Å². The summed E-state index contributed by atoms with van der Waals surface area (Å²) in [5.41, 5.74) is 5.50. The molecule has 1 fully saturated rings. The molecule has 0 aromatic carbocycles. The molecule has 7 heteroatoms. The fourth-order valence-corrected chi connectivity index (χ4v) is 3.73. The fraction of sp³-hybridized carbons (Fsp3) is 0.643. The molecule has 116 valence electrons. The molecule has 0 saturated heterocycles. The van der Waals surface area contributed by atoms with Crippen molar-refractivity contribution in [1.29, 1.82) is 0 Å². The maximum atomic E-state index is 11.8. The summed E-state index contributed by atoms with van der Waals surface area (Å²) < 4.78 is 0. The number of thioether (sulfide) groups is 1. The zero-order chi connectivity index (χ0) is 15.5. The van der Waals surface area contributed by atoms with Gasteiger partial charge in [0, 0.05) is 17.5 Å². The SMILES string of the molecule is CCCc1cc(=O)[nH]c(SCC(NC)(C(N)=O)C2CC2)n1. The lowest BCUT2D eigenvalue weighted by molar-refractivity contribution is -0.124. The average Bonchev–Trinajstić information content (AvgIpc) is 3.24. The zero-order valence-electron chi connectivity index (χ0n) is 12.4. The van der Waals surface area contributed by atoms with E-state index in [0.717, 1.165) is 31.4 Å². The Bertz CT molecular complexity index is 570. The van der Waals surface area contributed by atoms with Crippen molar-refractivity contribution in [3.63, 3.8) is 0 Å². The van der Waals surface area contributed by atoms with Crippen LogP contribution in [0.2, 0.25) is 0 Å². The first-order valence-corrected chi connectivity index (χ1v) is 8.22. The van der Waals surface area contributed by atoms with E-state index in [9.17, 15) is 9.59 Å². The third kappa shape index (κ3) is 3.65. The van der Waals surface area contributed by atoms with Gasteiger partial charge in [0.15, 0.2) is 5.16 Å². The maximum absolute atomic E-state index is 11.8. The number of aromatic amines is 1. The number of H-pyrrole nitrogens is 1. The van der Waals surface area contributed by atoms with Crippen molar-refractivity contribution in [3.8, 4) is 0 Å². The van der Waals surface area contributed by atoms with Gasteiger partial charge in [-0.3, -0.25) is 9.59 Å². The lowest BCUT2D eigenvalue weighted by Crippen LogP contribution is -2.57. The normalized spacial score (nSPS) is 17.4. The quantitative estimate of drug-likeness (QED) is 0.484. The van der Waals surface area contributed by atoms with Gasteiger partial charge in [-0.25, -0.2) is 4.98 Å². The van der Waals surface area contributed by atoms with Crippen molar-refractivity contribution in [3.05, 3.63) is 22.1 Å². The van der Waals surface area contributed by atoms with Crippen LogP contribution in [0, 0.1) is 5.92 Å². The first kappa shape index (κ1) is 16.0. The lowest BCUT2D eigenvalue weighted by Gasteiger charge is -2.29. The number of rotatable bonds is 8. The maximum Gasteiger partial charge on any atom is 0.251 e. The van der Waals surface area contributed by atoms with Gasteiger partial charge in [0.2, 0.25) is 5.91 Å². The summed E-state index contributed by atoms with van der Waals surface area (Å²) in [6, 6.07) is 1.52. The number of aryl methyl sites for hydroxylation is 1. The second kappa shape index (κ2) is 6.62. The van der Waals surface area contributed by atoms with E-state index >= 15 is 0 Å². The van der Waals surface area contributed by atoms with Crippen LogP contribution in [0.25, 0.3) is 0 Å². The summed E-state index contributed by atoms with van der Waals surface area (Å²) in [7, 11) is 1.76. The fourth-order valence-electron chi connectivity index (χ4n) is 2.48. The summed E-state index contributed by atoms with van der Waals surface area (Å²) in [5.74, 6) is 0.410. The molecule has 1 amide bonds. The van der Waals surface area contributed by atoms with Crippen molar-refractivity contribution in [2.24, 2.45) is 11.7 Å². The smallest absolute Gasteiger partial charge is 0.251 e. The molecule has 1 aromatic rings. The van der Waals surface area contributed by atoms with Crippen LogP contribution in [0.4, 0.5) is 0 Å². The number of carbonyl (C=O) groups excluding carboxylic acids is 1. The summed E-state index contributed by atoms with van der Waals surface area (Å²) in [6.07, 6.45) is 3.71. The minimum absolute atomic E-state index is 0.156. The highest BCUT2D eigenvalue weighted by Crippen LogP contribution is 2.41. The van der Waals surface area contributed by atoms with Crippen LogP contribution in [0.1, 0.15) is 31.9 Å². The monoisotopic (exact) mass is 310 g/mol. The van der Waals surface area contributed by atoms with Gasteiger partial charge in [0.1, 0.15) is 5.54 Å². The van der Waals surface area contributed by atoms with Gasteiger partial charge >= 0.3 is 0 Å². The van der Waals surface area contributed by atoms with E-state index < -0.39 is 5.54 Å². The van der Waals surface area contributed by atoms with Crippen LogP contribution in [0.5, 0.6) is 0 Å². The Morgan fingerprint density at radius 3 is 2.86 bits per heavy atom. The van der Waals surface area contributed by atoms with Crippen LogP contribution in [0.15, 0.2) is 16.0 Å². The third-order valence-corrected chi connectivity index (χ3v) is 4.94. The van der Waals surface area contributed by atoms with Gasteiger partial charge in [0.05, 0.1) is 0 Å². The Hall–Kier alpha value is -1.34. The Morgan fingerprint density at radius 1 is 1.62 bits per heavy atom. The van der Waals surface area contributed by atoms with E-state index in [1.54, 1.807) is 7.05 Å². The van der Waals surface area contributed by atoms with Crippen molar-refractivity contribution in [2.45, 2.75) is 43.3 Å². The average molecular weight is 310 g/mol. The molecule has 0 bridgehead atoms. The van der Waals surface area contributed by atoms with E-state index in [2.05, 4.69) is 15.3 Å². The van der Waals surface area contributed by atoms with Crippen LogP contribution >= 0.6 is 11.8 Å². The highest BCUT2D eigenvalue weighted by Gasteiger charge is 2.48. The van der Waals surface area contributed by atoms with Gasteiger partial charge in [-0.2, -0.15) is 0 Å². The minimum atomic E-state index is -0.718. The number of nitrogens with two attached hydrogens (primary N) is 1. The Kier molecular flexibility index (Phi) is 5.05. The molecule has 0 radical (unpaired) electrons. The van der Waals surface area contributed by atoms with Crippen molar-refractivity contribution >= 4 is 17.7 Å². The number of aromatic nitrogens is 2. The van der Waals surface area contributed by atoms with Crippen molar-refractivity contribution in [2.75, 3.05) is 12.8 Å². The van der Waals surface area contributed by atoms with Crippen molar-refractivity contribution < 1.29 is 4.79 Å². The van der Waals surface area contributed by atoms with E-state index in [0.29, 0.717) is 10.9 Å². The standard InChI is InChI=1S/C14H22N4O2S/c1-3-4-10-7-11(19)18-13(17-10)21-8-14(16-2,12(15)20)9-5-6-9/h7,9,16H,3-6,8H2,1-2H3,(H2,15,20)(H,17,18,19). The molecule has 1 aromatic heterocycles. The third-order valence-electron chi connectivity index (χ3n) is 3.88. The number of amides is 1. The summed E-state index contributed by atoms with van der Waals surface area (Å²) in [6.45, 7) is 2.04. The Morgan fingerprint density at radius 2 is 2.33 bits per heavy atom. The first-order chi connectivity index (χ1) is 10.0. The Balaban J connectivity index is 2.14. The minimum Gasteiger partial charge on any atom is -0.368 e. The number of hydrogen-bond acceptors (Lipinski definition) is 5. The number of likely N-dealkylation sites (N-methyl/N-ethyl adjacent to an activating group) is 1. The zero-order valence-corrected chi connectivity index (χ0v) is 13.3. The molecule has 2 rings (SSSR count). The van der Waals surface area contributed by atoms with Crippen LogP contribution in [0.3, 0.4) is 0 Å². The summed E-state index contributed by atoms with van der Waals surface area (Å²) >= 11 is 1.37. The molecule has 0 spiro atoms. The first-order valence-electron chi connectivity index (χ1n) is 7.23. The molecule has 0 aliphatic heterocycles. The van der Waals surface area contributed by atoms with Crippen LogP contribution in [-0.4, -0.2) is 34.2 Å². The Labute approximate surface area is 128 Å². The highest BCUT2D eigenvalue weighted by molar-refractivity contribution is 7.99. The number of nitrogens with one attached hydrogen (secondary N) is 2. The predicted molar refractivity (Wildman–Crippen MR) is 83.3 cm³/mol. The van der Waals surface area contributed by atoms with Crippen LogP contribution < -0.4 is 16.6 Å². The van der Waals surface area contributed by atoms with Crippen LogP contribution in [-0.2, 0) is 11.2 Å². The molecule has 1 saturated carbocycles.